The third-order valence-corrected chi connectivity index (χ3v) is 5.42. The Kier molecular flexibility index (Phi) is 7.33. The van der Waals surface area contributed by atoms with E-state index < -0.39 is 0 Å². The maximum Gasteiger partial charge on any atom is 0.279 e. The molecule has 0 radical (unpaired) electrons. The molecule has 5 heteroatoms. The second-order valence-corrected chi connectivity index (χ2v) is 7.28. The molecule has 146 valence electrons. The van der Waals surface area contributed by atoms with Gasteiger partial charge in [0.15, 0.2) is 4.80 Å². The molecule has 0 aliphatic rings. The Morgan fingerprint density at radius 1 is 0.828 bits per heavy atom. The van der Waals surface area contributed by atoms with Crippen molar-refractivity contribution in [3.8, 4) is 11.3 Å². The second kappa shape index (κ2) is 10.1. The van der Waals surface area contributed by atoms with Gasteiger partial charge in [-0.25, -0.2) is 0 Å². The summed E-state index contributed by atoms with van der Waals surface area (Å²) in [6.45, 7) is 0.763. The SMILES string of the molecule is Br.O=C(N=c1scc(-c2ccccc2)n1CCc1ccccc1)c1ccccc1. The monoisotopic (exact) mass is 464 g/mol. The Bertz CT molecular complexity index is 1120. The summed E-state index contributed by atoms with van der Waals surface area (Å²) in [4.78, 5) is 17.8. The van der Waals surface area contributed by atoms with Crippen LogP contribution < -0.4 is 4.80 Å². The number of nitrogens with zero attached hydrogens (tertiary/aromatic N) is 2. The van der Waals surface area contributed by atoms with Crippen LogP contribution in [-0.4, -0.2) is 10.5 Å². The highest BCUT2D eigenvalue weighted by Crippen LogP contribution is 2.20. The first-order chi connectivity index (χ1) is 13.8. The van der Waals surface area contributed by atoms with Gasteiger partial charge in [0.1, 0.15) is 0 Å². The molecule has 0 saturated carbocycles. The molecule has 0 aliphatic heterocycles. The Morgan fingerprint density at radius 3 is 2.07 bits per heavy atom. The normalized spacial score (nSPS) is 11.1. The zero-order chi connectivity index (χ0) is 19.2. The fraction of sp³-hybridized carbons (Fsp3) is 0.0833. The zero-order valence-electron chi connectivity index (χ0n) is 15.8. The number of amides is 1. The molecular weight excluding hydrogens is 444 g/mol. The fourth-order valence-electron chi connectivity index (χ4n) is 3.09. The molecule has 1 aromatic heterocycles. The van der Waals surface area contributed by atoms with Crippen molar-refractivity contribution in [3.63, 3.8) is 0 Å². The third-order valence-electron chi connectivity index (χ3n) is 4.55. The van der Waals surface area contributed by atoms with E-state index in [9.17, 15) is 4.79 Å². The lowest BCUT2D eigenvalue weighted by molar-refractivity contribution is 0.0998. The molecule has 0 saturated heterocycles. The molecule has 1 heterocycles. The molecule has 0 unspecified atom stereocenters. The molecule has 0 bridgehead atoms. The standard InChI is InChI=1S/C24H20N2OS.BrH/c27-23(21-14-8-3-9-15-21)25-24-26(17-16-19-10-4-1-5-11-19)22(18-28-24)20-12-6-2-7-13-20;/h1-15,18H,16-17H2;1H. The Labute approximate surface area is 184 Å². The number of hydrogen-bond acceptors (Lipinski definition) is 2. The summed E-state index contributed by atoms with van der Waals surface area (Å²) in [6.07, 6.45) is 0.879. The van der Waals surface area contributed by atoms with Gasteiger partial charge in [-0.15, -0.1) is 28.3 Å². The number of rotatable bonds is 5. The average Bonchev–Trinajstić information content (AvgIpc) is 3.16. The molecule has 0 aliphatic carbocycles. The summed E-state index contributed by atoms with van der Waals surface area (Å²) in [5.41, 5.74) is 4.08. The number of halogens is 1. The quantitative estimate of drug-likeness (QED) is 0.368. The summed E-state index contributed by atoms with van der Waals surface area (Å²) in [6, 6.07) is 29.8. The van der Waals surface area contributed by atoms with Gasteiger partial charge in [-0.2, -0.15) is 4.99 Å². The van der Waals surface area contributed by atoms with Crippen LogP contribution in [0.25, 0.3) is 11.3 Å². The van der Waals surface area contributed by atoms with E-state index in [1.807, 2.05) is 42.5 Å². The minimum Gasteiger partial charge on any atom is -0.316 e. The van der Waals surface area contributed by atoms with Crippen molar-refractivity contribution in [1.82, 2.24) is 4.57 Å². The van der Waals surface area contributed by atoms with Crippen molar-refractivity contribution in [2.75, 3.05) is 0 Å². The minimum atomic E-state index is -0.212. The molecule has 4 rings (SSSR count). The number of aromatic nitrogens is 1. The van der Waals surface area contributed by atoms with E-state index in [4.69, 9.17) is 0 Å². The molecule has 1 amide bonds. The van der Waals surface area contributed by atoms with Crippen LogP contribution in [0.2, 0.25) is 0 Å². The molecule has 4 aromatic rings. The summed E-state index contributed by atoms with van der Waals surface area (Å²) >= 11 is 1.50. The third kappa shape index (κ3) is 5.19. The van der Waals surface area contributed by atoms with Gasteiger partial charge in [0.25, 0.3) is 5.91 Å². The van der Waals surface area contributed by atoms with Gasteiger partial charge in [-0.3, -0.25) is 4.79 Å². The first-order valence-electron chi connectivity index (χ1n) is 9.23. The number of carbonyl (C=O) groups is 1. The van der Waals surface area contributed by atoms with Crippen LogP contribution in [0.15, 0.2) is 101 Å². The van der Waals surface area contributed by atoms with Crippen LogP contribution in [0.4, 0.5) is 0 Å². The predicted octanol–water partition coefficient (Wildman–Crippen LogP) is 5.78. The van der Waals surface area contributed by atoms with Crippen molar-refractivity contribution < 1.29 is 4.79 Å². The molecule has 0 spiro atoms. The van der Waals surface area contributed by atoms with Gasteiger partial charge < -0.3 is 4.57 Å². The molecular formula is C24H21BrN2OS. The van der Waals surface area contributed by atoms with Crippen molar-refractivity contribution in [2.24, 2.45) is 4.99 Å². The first kappa shape index (κ1) is 21.0. The summed E-state index contributed by atoms with van der Waals surface area (Å²) in [7, 11) is 0. The number of thiazole rings is 1. The zero-order valence-corrected chi connectivity index (χ0v) is 18.3. The lowest BCUT2D eigenvalue weighted by Gasteiger charge is -2.09. The fourth-order valence-corrected chi connectivity index (χ4v) is 4.02. The van der Waals surface area contributed by atoms with Crippen LogP contribution in [0.5, 0.6) is 0 Å². The molecule has 29 heavy (non-hydrogen) atoms. The summed E-state index contributed by atoms with van der Waals surface area (Å²) in [5.74, 6) is -0.212. The van der Waals surface area contributed by atoms with Crippen molar-refractivity contribution in [1.29, 1.82) is 0 Å². The highest BCUT2D eigenvalue weighted by Gasteiger charge is 2.10. The number of carbonyl (C=O) groups excluding carboxylic acids is 1. The predicted molar refractivity (Wildman–Crippen MR) is 125 cm³/mol. The van der Waals surface area contributed by atoms with E-state index in [-0.39, 0.29) is 22.9 Å². The van der Waals surface area contributed by atoms with Gasteiger partial charge >= 0.3 is 0 Å². The molecule has 0 atom stereocenters. The highest BCUT2D eigenvalue weighted by molar-refractivity contribution is 8.93. The Balaban J connectivity index is 0.00000240. The van der Waals surface area contributed by atoms with Gasteiger partial charge in [-0.05, 0) is 29.7 Å². The highest BCUT2D eigenvalue weighted by atomic mass is 79.9. The smallest absolute Gasteiger partial charge is 0.279 e. The van der Waals surface area contributed by atoms with Crippen molar-refractivity contribution in [3.05, 3.63) is 112 Å². The van der Waals surface area contributed by atoms with Crippen LogP contribution >= 0.6 is 28.3 Å². The number of aryl methyl sites for hydroxylation is 1. The topological polar surface area (TPSA) is 34.4 Å². The van der Waals surface area contributed by atoms with E-state index in [2.05, 4.69) is 51.3 Å². The van der Waals surface area contributed by atoms with E-state index >= 15 is 0 Å². The maximum atomic E-state index is 12.6. The van der Waals surface area contributed by atoms with E-state index in [0.717, 1.165) is 29.0 Å². The lowest BCUT2D eigenvalue weighted by atomic mass is 10.1. The molecule has 0 fully saturated rings. The van der Waals surface area contributed by atoms with Gasteiger partial charge in [0.2, 0.25) is 0 Å². The first-order valence-corrected chi connectivity index (χ1v) is 10.1. The Morgan fingerprint density at radius 2 is 1.41 bits per heavy atom. The van der Waals surface area contributed by atoms with Gasteiger partial charge in [0.05, 0.1) is 5.69 Å². The average molecular weight is 465 g/mol. The van der Waals surface area contributed by atoms with Gasteiger partial charge in [-0.1, -0.05) is 78.9 Å². The van der Waals surface area contributed by atoms with Crippen LogP contribution in [0, 0.1) is 0 Å². The number of hydrogen-bond donors (Lipinski definition) is 0. The van der Waals surface area contributed by atoms with Crippen molar-refractivity contribution >= 4 is 34.2 Å². The summed E-state index contributed by atoms with van der Waals surface area (Å²) in [5, 5.41) is 2.08. The maximum absolute atomic E-state index is 12.6. The molecule has 0 N–H and O–H groups in total. The summed E-state index contributed by atoms with van der Waals surface area (Å²) < 4.78 is 2.15. The minimum absolute atomic E-state index is 0. The lowest BCUT2D eigenvalue weighted by Crippen LogP contribution is -2.19. The van der Waals surface area contributed by atoms with Crippen LogP contribution in [0.1, 0.15) is 15.9 Å². The van der Waals surface area contributed by atoms with E-state index in [1.54, 1.807) is 12.1 Å². The van der Waals surface area contributed by atoms with Gasteiger partial charge in [0, 0.05) is 17.5 Å². The molecule has 3 nitrogen and oxygen atoms in total. The number of benzene rings is 3. The van der Waals surface area contributed by atoms with Crippen LogP contribution in [-0.2, 0) is 13.0 Å². The largest absolute Gasteiger partial charge is 0.316 e. The van der Waals surface area contributed by atoms with E-state index in [0.29, 0.717) is 5.56 Å². The van der Waals surface area contributed by atoms with Crippen LogP contribution in [0.3, 0.4) is 0 Å². The van der Waals surface area contributed by atoms with Crippen molar-refractivity contribution in [2.45, 2.75) is 13.0 Å². The second-order valence-electron chi connectivity index (χ2n) is 6.44. The Hall–Kier alpha value is -2.76. The van der Waals surface area contributed by atoms with E-state index in [1.165, 1.54) is 16.9 Å². The molecule has 3 aromatic carbocycles.